The van der Waals surface area contributed by atoms with Crippen LogP contribution in [0.2, 0.25) is 0 Å². The Morgan fingerprint density at radius 2 is 1.54 bits per heavy atom. The average molecular weight is 402 g/mol. The molecule has 0 aromatic heterocycles. The molecule has 1 aliphatic rings. The normalized spacial score (nSPS) is 15.5. The number of urea groups is 1. The Labute approximate surface area is 157 Å². The summed E-state index contributed by atoms with van der Waals surface area (Å²) in [4.78, 5) is 15.3. The Balaban J connectivity index is 1.77. The van der Waals surface area contributed by atoms with Gasteiger partial charge in [0, 0.05) is 25.3 Å². The highest BCUT2D eigenvalue weighted by atomic mass is 19.4. The fraction of sp³-hybridized carbons (Fsp3) is 0.316. The lowest BCUT2D eigenvalue weighted by molar-refractivity contribution is -0.138. The van der Waals surface area contributed by atoms with Crippen molar-refractivity contribution in [3.63, 3.8) is 0 Å². The van der Waals surface area contributed by atoms with Crippen LogP contribution in [0.25, 0.3) is 0 Å². The predicted octanol–water partition coefficient (Wildman–Crippen LogP) is 5.47. The molecule has 1 saturated heterocycles. The molecule has 0 spiro atoms. The summed E-state index contributed by atoms with van der Waals surface area (Å²) in [5, 5.41) is 0. The summed E-state index contributed by atoms with van der Waals surface area (Å²) in [5.41, 5.74) is -0.956. The number of amides is 2. The van der Waals surface area contributed by atoms with Gasteiger partial charge in [-0.15, -0.1) is 0 Å². The van der Waals surface area contributed by atoms with Gasteiger partial charge in [0.25, 0.3) is 0 Å². The van der Waals surface area contributed by atoms with E-state index in [1.54, 1.807) is 0 Å². The van der Waals surface area contributed by atoms with Gasteiger partial charge < -0.3 is 4.90 Å². The summed E-state index contributed by atoms with van der Waals surface area (Å²) in [5.74, 6) is 0. The molecular weight excluding hydrogens is 386 g/mol. The molecule has 1 heterocycles. The zero-order valence-corrected chi connectivity index (χ0v) is 14.7. The molecule has 2 amide bonds. The Bertz CT molecular complexity index is 873. The van der Waals surface area contributed by atoms with Gasteiger partial charge in [-0.2, -0.15) is 26.3 Å². The molecule has 0 aliphatic carbocycles. The largest absolute Gasteiger partial charge is 0.416 e. The molecule has 0 saturated carbocycles. The fourth-order valence-corrected chi connectivity index (χ4v) is 3.20. The maximum Gasteiger partial charge on any atom is 0.416 e. The van der Waals surface area contributed by atoms with Crippen LogP contribution in [0.1, 0.15) is 22.3 Å². The van der Waals surface area contributed by atoms with Gasteiger partial charge in [0.1, 0.15) is 0 Å². The lowest BCUT2D eigenvalue weighted by Gasteiger charge is -2.22. The van der Waals surface area contributed by atoms with E-state index >= 15 is 0 Å². The zero-order valence-electron chi connectivity index (χ0n) is 14.7. The number of carbonyl (C=O) groups is 1. The van der Waals surface area contributed by atoms with Gasteiger partial charge in [-0.05, 0) is 42.3 Å². The summed E-state index contributed by atoms with van der Waals surface area (Å²) in [6, 6.07) is 7.61. The van der Waals surface area contributed by atoms with Gasteiger partial charge in [0.05, 0.1) is 11.1 Å². The van der Waals surface area contributed by atoms with E-state index in [4.69, 9.17) is 0 Å². The van der Waals surface area contributed by atoms with Crippen LogP contribution in [0.5, 0.6) is 0 Å². The summed E-state index contributed by atoms with van der Waals surface area (Å²) in [7, 11) is 0. The molecule has 3 nitrogen and oxygen atoms in total. The summed E-state index contributed by atoms with van der Waals surface area (Å²) < 4.78 is 77.2. The smallest absolute Gasteiger partial charge is 0.318 e. The molecule has 1 fully saturated rings. The first kappa shape index (κ1) is 20.0. The number of benzene rings is 2. The van der Waals surface area contributed by atoms with E-state index < -0.39 is 29.5 Å². The molecule has 150 valence electrons. The molecule has 2 aromatic carbocycles. The SMILES string of the molecule is Cc1c(N2CCN(Cc3ccc(C(F)(F)F)cc3)C2=O)cccc1C(F)(F)F. The van der Waals surface area contributed by atoms with Crippen LogP contribution < -0.4 is 4.90 Å². The van der Waals surface area contributed by atoms with Crippen LogP contribution in [-0.2, 0) is 18.9 Å². The maximum absolute atomic E-state index is 13.1. The monoisotopic (exact) mass is 402 g/mol. The highest BCUT2D eigenvalue weighted by Gasteiger charge is 2.36. The van der Waals surface area contributed by atoms with E-state index in [2.05, 4.69) is 0 Å². The number of rotatable bonds is 3. The molecule has 0 atom stereocenters. The molecule has 2 aromatic rings. The van der Waals surface area contributed by atoms with Crippen LogP contribution in [0.3, 0.4) is 0 Å². The third-order valence-corrected chi connectivity index (χ3v) is 4.65. The van der Waals surface area contributed by atoms with Gasteiger partial charge >= 0.3 is 18.4 Å². The quantitative estimate of drug-likeness (QED) is 0.624. The van der Waals surface area contributed by atoms with E-state index in [0.29, 0.717) is 5.56 Å². The molecule has 28 heavy (non-hydrogen) atoms. The summed E-state index contributed by atoms with van der Waals surface area (Å²) in [6.45, 7) is 1.84. The average Bonchev–Trinajstić information content (AvgIpc) is 2.94. The van der Waals surface area contributed by atoms with Gasteiger partial charge in [-0.3, -0.25) is 4.90 Å². The number of carbonyl (C=O) groups excluding carboxylic acids is 1. The third-order valence-electron chi connectivity index (χ3n) is 4.65. The van der Waals surface area contributed by atoms with Gasteiger partial charge in [0.2, 0.25) is 0 Å². The van der Waals surface area contributed by atoms with Crippen LogP contribution in [0, 0.1) is 6.92 Å². The van der Waals surface area contributed by atoms with Crippen LogP contribution in [0.15, 0.2) is 42.5 Å². The number of nitrogens with zero attached hydrogens (tertiary/aromatic N) is 2. The first-order valence-electron chi connectivity index (χ1n) is 8.38. The standard InChI is InChI=1S/C19H16F6N2O/c1-12-15(19(23,24)25)3-2-4-16(12)27-10-9-26(17(27)28)11-13-5-7-14(8-6-13)18(20,21)22/h2-8H,9-11H2,1H3. The van der Waals surface area contributed by atoms with Crippen molar-refractivity contribution in [3.05, 3.63) is 64.7 Å². The van der Waals surface area contributed by atoms with Crippen molar-refractivity contribution in [1.82, 2.24) is 4.90 Å². The Kier molecular flexibility index (Phi) is 5.03. The molecule has 0 N–H and O–H groups in total. The molecule has 9 heteroatoms. The molecule has 0 radical (unpaired) electrons. The van der Waals surface area contributed by atoms with Crippen molar-refractivity contribution in [2.45, 2.75) is 25.8 Å². The number of halogens is 6. The first-order chi connectivity index (χ1) is 13.0. The molecule has 3 rings (SSSR count). The Morgan fingerprint density at radius 1 is 0.893 bits per heavy atom. The van der Waals surface area contributed by atoms with E-state index in [9.17, 15) is 31.1 Å². The van der Waals surface area contributed by atoms with Crippen molar-refractivity contribution < 1.29 is 31.1 Å². The van der Waals surface area contributed by atoms with E-state index in [-0.39, 0.29) is 30.9 Å². The number of hydrogen-bond acceptors (Lipinski definition) is 1. The lowest BCUT2D eigenvalue weighted by atomic mass is 10.1. The van der Waals surface area contributed by atoms with Crippen molar-refractivity contribution >= 4 is 11.7 Å². The molecule has 0 unspecified atom stereocenters. The van der Waals surface area contributed by atoms with Gasteiger partial charge in [-0.1, -0.05) is 18.2 Å². The second-order valence-electron chi connectivity index (χ2n) is 6.50. The molecule has 0 bridgehead atoms. The Morgan fingerprint density at radius 3 is 2.11 bits per heavy atom. The van der Waals surface area contributed by atoms with Crippen molar-refractivity contribution in [1.29, 1.82) is 0 Å². The third kappa shape index (κ3) is 3.93. The number of alkyl halides is 6. The van der Waals surface area contributed by atoms with E-state index in [1.165, 1.54) is 41.0 Å². The second-order valence-corrected chi connectivity index (χ2v) is 6.50. The lowest BCUT2D eigenvalue weighted by Crippen LogP contribution is -2.32. The Hall–Kier alpha value is -2.71. The van der Waals surface area contributed by atoms with Crippen LogP contribution in [0.4, 0.5) is 36.8 Å². The van der Waals surface area contributed by atoms with Gasteiger partial charge in [0.15, 0.2) is 0 Å². The number of hydrogen-bond donors (Lipinski definition) is 0. The second kappa shape index (κ2) is 7.03. The highest BCUT2D eigenvalue weighted by Crippen LogP contribution is 2.37. The fourth-order valence-electron chi connectivity index (χ4n) is 3.20. The minimum atomic E-state index is -4.53. The van der Waals surface area contributed by atoms with Crippen LogP contribution in [-0.4, -0.2) is 24.0 Å². The molecule has 1 aliphatic heterocycles. The van der Waals surface area contributed by atoms with Crippen molar-refractivity contribution in [2.75, 3.05) is 18.0 Å². The topological polar surface area (TPSA) is 23.6 Å². The summed E-state index contributed by atoms with van der Waals surface area (Å²) >= 11 is 0. The summed E-state index contributed by atoms with van der Waals surface area (Å²) in [6.07, 6.45) is -8.97. The minimum Gasteiger partial charge on any atom is -0.318 e. The van der Waals surface area contributed by atoms with Crippen LogP contribution >= 0.6 is 0 Å². The van der Waals surface area contributed by atoms with E-state index in [1.807, 2.05) is 0 Å². The highest BCUT2D eigenvalue weighted by molar-refractivity contribution is 5.95. The molecular formula is C19H16F6N2O. The van der Waals surface area contributed by atoms with E-state index in [0.717, 1.165) is 18.2 Å². The zero-order chi connectivity index (χ0) is 20.7. The predicted molar refractivity (Wildman–Crippen MR) is 90.8 cm³/mol. The maximum atomic E-state index is 13.1. The van der Waals surface area contributed by atoms with Crippen molar-refractivity contribution in [2.24, 2.45) is 0 Å². The minimum absolute atomic E-state index is 0.0419. The van der Waals surface area contributed by atoms with Crippen molar-refractivity contribution in [3.8, 4) is 0 Å². The first-order valence-corrected chi connectivity index (χ1v) is 8.38. The number of anilines is 1. The van der Waals surface area contributed by atoms with Gasteiger partial charge in [-0.25, -0.2) is 4.79 Å².